The smallest absolute Gasteiger partial charge is 0.337 e. The van der Waals surface area contributed by atoms with Gasteiger partial charge in [0.15, 0.2) is 0 Å². The van der Waals surface area contributed by atoms with Crippen molar-refractivity contribution in [2.75, 3.05) is 4.72 Å². The molecule has 2 N–H and O–H groups in total. The minimum Gasteiger partial charge on any atom is -0.478 e. The van der Waals surface area contributed by atoms with Crippen molar-refractivity contribution in [1.29, 1.82) is 0 Å². The van der Waals surface area contributed by atoms with Gasteiger partial charge in [0, 0.05) is 3.57 Å². The molecule has 0 bridgehead atoms. The Balaban J connectivity index is 2.43. The quantitative estimate of drug-likeness (QED) is 0.718. The molecule has 0 atom stereocenters. The first-order chi connectivity index (χ1) is 9.81. The molecule has 0 unspecified atom stereocenters. The molecule has 0 saturated heterocycles. The monoisotopic (exact) mass is 437 g/mol. The van der Waals surface area contributed by atoms with E-state index in [0.29, 0.717) is 5.69 Å². The summed E-state index contributed by atoms with van der Waals surface area (Å²) in [5, 5.41) is 8.97. The summed E-state index contributed by atoms with van der Waals surface area (Å²) in [4.78, 5) is 10.8. The lowest BCUT2D eigenvalue weighted by atomic mass is 10.2. The average Bonchev–Trinajstić information content (AvgIpc) is 2.41. The Bertz CT molecular complexity index is 808. The molecule has 21 heavy (non-hydrogen) atoms. The van der Waals surface area contributed by atoms with Gasteiger partial charge >= 0.3 is 5.97 Å². The van der Waals surface area contributed by atoms with Gasteiger partial charge in [-0.15, -0.1) is 0 Å². The van der Waals surface area contributed by atoms with E-state index in [1.165, 1.54) is 12.1 Å². The highest BCUT2D eigenvalue weighted by molar-refractivity contribution is 14.1. The van der Waals surface area contributed by atoms with E-state index in [2.05, 4.69) is 4.72 Å². The van der Waals surface area contributed by atoms with Crippen LogP contribution in [0.15, 0.2) is 47.4 Å². The SMILES string of the molecule is O=C(O)c1cc(S(=O)(=O)Nc2ccccc2I)ccc1Cl. The molecule has 2 rings (SSSR count). The van der Waals surface area contributed by atoms with Gasteiger partial charge in [-0.3, -0.25) is 4.72 Å². The van der Waals surface area contributed by atoms with Crippen molar-refractivity contribution in [2.24, 2.45) is 0 Å². The van der Waals surface area contributed by atoms with Crippen LogP contribution in [0.2, 0.25) is 5.02 Å². The molecule has 0 aliphatic heterocycles. The second-order valence-electron chi connectivity index (χ2n) is 4.03. The van der Waals surface area contributed by atoms with Crippen molar-refractivity contribution >= 4 is 55.9 Å². The molecule has 0 saturated carbocycles. The maximum Gasteiger partial charge on any atom is 0.337 e. The number of anilines is 1. The highest BCUT2D eigenvalue weighted by Gasteiger charge is 2.19. The lowest BCUT2D eigenvalue weighted by Crippen LogP contribution is -2.14. The number of para-hydroxylation sites is 1. The van der Waals surface area contributed by atoms with Crippen molar-refractivity contribution in [3.63, 3.8) is 0 Å². The molecule has 0 aliphatic rings. The second-order valence-corrected chi connectivity index (χ2v) is 7.28. The first-order valence-corrected chi connectivity index (χ1v) is 8.55. The van der Waals surface area contributed by atoms with Crippen LogP contribution < -0.4 is 4.72 Å². The van der Waals surface area contributed by atoms with Crippen molar-refractivity contribution in [2.45, 2.75) is 4.90 Å². The number of rotatable bonds is 4. The molecule has 110 valence electrons. The third-order valence-electron chi connectivity index (χ3n) is 2.60. The summed E-state index contributed by atoms with van der Waals surface area (Å²) in [6.07, 6.45) is 0. The maximum atomic E-state index is 12.3. The Hall–Kier alpha value is -1.32. The largest absolute Gasteiger partial charge is 0.478 e. The molecule has 0 spiro atoms. The number of nitrogens with one attached hydrogen (secondary N) is 1. The second kappa shape index (κ2) is 6.20. The zero-order valence-corrected chi connectivity index (χ0v) is 14.1. The number of benzene rings is 2. The molecule has 0 radical (unpaired) electrons. The number of aromatic carboxylic acids is 1. The number of hydrogen-bond acceptors (Lipinski definition) is 3. The van der Waals surface area contributed by atoms with Gasteiger partial charge in [0.05, 0.1) is 21.2 Å². The normalized spacial score (nSPS) is 11.1. The van der Waals surface area contributed by atoms with Crippen LogP contribution in [0.5, 0.6) is 0 Å². The molecule has 0 amide bonds. The predicted octanol–water partition coefficient (Wildman–Crippen LogP) is 3.44. The van der Waals surface area contributed by atoms with E-state index in [0.717, 1.165) is 9.64 Å². The van der Waals surface area contributed by atoms with Gasteiger partial charge < -0.3 is 5.11 Å². The topological polar surface area (TPSA) is 83.5 Å². The van der Waals surface area contributed by atoms with Gasteiger partial charge in [0.25, 0.3) is 10.0 Å². The van der Waals surface area contributed by atoms with Crippen LogP contribution in [0, 0.1) is 3.57 Å². The number of hydrogen-bond donors (Lipinski definition) is 2. The van der Waals surface area contributed by atoms with Gasteiger partial charge in [-0.1, -0.05) is 23.7 Å². The minimum atomic E-state index is -3.89. The molecular formula is C13H9ClINO4S. The lowest BCUT2D eigenvalue weighted by molar-refractivity contribution is 0.0697. The summed E-state index contributed by atoms with van der Waals surface area (Å²) in [5.74, 6) is -1.29. The Labute approximate surface area is 140 Å². The number of carbonyl (C=O) groups is 1. The molecule has 2 aromatic rings. The van der Waals surface area contributed by atoms with Crippen LogP contribution >= 0.6 is 34.2 Å². The molecule has 2 aromatic carbocycles. The number of carboxylic acids is 1. The van der Waals surface area contributed by atoms with Gasteiger partial charge in [0.1, 0.15) is 0 Å². The van der Waals surface area contributed by atoms with E-state index >= 15 is 0 Å². The Morgan fingerprint density at radius 1 is 1.19 bits per heavy atom. The number of halogens is 2. The molecule has 0 aromatic heterocycles. The molecule has 5 nitrogen and oxygen atoms in total. The highest BCUT2D eigenvalue weighted by atomic mass is 127. The van der Waals surface area contributed by atoms with E-state index in [1.54, 1.807) is 24.3 Å². The zero-order chi connectivity index (χ0) is 15.6. The first-order valence-electron chi connectivity index (χ1n) is 5.61. The van der Waals surface area contributed by atoms with Crippen LogP contribution in [0.25, 0.3) is 0 Å². The fraction of sp³-hybridized carbons (Fsp3) is 0. The summed E-state index contributed by atoms with van der Waals surface area (Å²) in [6.45, 7) is 0. The third-order valence-corrected chi connectivity index (χ3v) is 5.23. The van der Waals surface area contributed by atoms with Gasteiger partial charge in [-0.25, -0.2) is 13.2 Å². The summed E-state index contributed by atoms with van der Waals surface area (Å²) in [5.41, 5.74) is 0.159. The molecule has 0 aliphatic carbocycles. The van der Waals surface area contributed by atoms with Crippen LogP contribution in [0.1, 0.15) is 10.4 Å². The van der Waals surface area contributed by atoms with E-state index < -0.39 is 16.0 Å². The molecular weight excluding hydrogens is 429 g/mol. The fourth-order valence-corrected chi connectivity index (χ4v) is 3.59. The molecule has 0 fully saturated rings. The highest BCUT2D eigenvalue weighted by Crippen LogP contribution is 2.24. The van der Waals surface area contributed by atoms with E-state index in [-0.39, 0.29) is 15.5 Å². The van der Waals surface area contributed by atoms with Crippen LogP contribution in [-0.4, -0.2) is 19.5 Å². The summed E-state index contributed by atoms with van der Waals surface area (Å²) < 4.78 is 27.7. The Morgan fingerprint density at radius 2 is 1.86 bits per heavy atom. The van der Waals surface area contributed by atoms with E-state index in [9.17, 15) is 13.2 Å². The van der Waals surface area contributed by atoms with Gasteiger partial charge in [0.2, 0.25) is 0 Å². The standard InChI is InChI=1S/C13H9ClINO4S/c14-10-6-5-8(7-9(10)13(17)18)21(19,20)16-12-4-2-1-3-11(12)15/h1-7,16H,(H,17,18). The summed E-state index contributed by atoms with van der Waals surface area (Å²) in [6, 6.07) is 10.4. The van der Waals surface area contributed by atoms with Crippen LogP contribution in [0.4, 0.5) is 5.69 Å². The molecule has 0 heterocycles. The first kappa shape index (κ1) is 16.1. The lowest BCUT2D eigenvalue weighted by Gasteiger charge is -2.10. The maximum absolute atomic E-state index is 12.3. The van der Waals surface area contributed by atoms with Crippen molar-refractivity contribution in [3.05, 3.63) is 56.6 Å². The van der Waals surface area contributed by atoms with Crippen molar-refractivity contribution in [3.8, 4) is 0 Å². The summed E-state index contributed by atoms with van der Waals surface area (Å²) >= 11 is 7.73. The van der Waals surface area contributed by atoms with E-state index in [4.69, 9.17) is 16.7 Å². The van der Waals surface area contributed by atoms with Crippen molar-refractivity contribution < 1.29 is 18.3 Å². The zero-order valence-electron chi connectivity index (χ0n) is 10.4. The third kappa shape index (κ3) is 3.66. The molecule has 8 heteroatoms. The Morgan fingerprint density at radius 3 is 2.48 bits per heavy atom. The summed E-state index contributed by atoms with van der Waals surface area (Å²) in [7, 11) is -3.89. The predicted molar refractivity (Wildman–Crippen MR) is 88.4 cm³/mol. The van der Waals surface area contributed by atoms with Gasteiger partial charge in [-0.05, 0) is 52.9 Å². The van der Waals surface area contributed by atoms with Crippen LogP contribution in [-0.2, 0) is 10.0 Å². The number of sulfonamides is 1. The fourth-order valence-electron chi connectivity index (χ4n) is 1.58. The Kier molecular flexibility index (Phi) is 4.74. The van der Waals surface area contributed by atoms with Crippen LogP contribution in [0.3, 0.4) is 0 Å². The average molecular weight is 438 g/mol. The van der Waals surface area contributed by atoms with Crippen molar-refractivity contribution in [1.82, 2.24) is 0 Å². The number of carboxylic acid groups (broad SMARTS) is 1. The minimum absolute atomic E-state index is 0.0178. The van der Waals surface area contributed by atoms with E-state index in [1.807, 2.05) is 22.6 Å². The van der Waals surface area contributed by atoms with Gasteiger partial charge in [-0.2, -0.15) is 0 Å².